The van der Waals surface area contributed by atoms with Gasteiger partial charge in [-0.1, -0.05) is 41.0 Å². The van der Waals surface area contributed by atoms with E-state index in [-0.39, 0.29) is 11.7 Å². The standard InChI is InChI=1S/C21H17Cl2N5OS2/c1-27(12-16-5-3-9-30-16)19(29)13-31-21-26-25-20(14-4-2-8-24-11-14)28(21)15-6-7-17(22)18(23)10-15/h2-11H,12-13H2,1H3. The monoisotopic (exact) mass is 489 g/mol. The molecule has 31 heavy (non-hydrogen) atoms. The topological polar surface area (TPSA) is 63.9 Å². The van der Waals surface area contributed by atoms with Crippen LogP contribution in [0.15, 0.2) is 65.4 Å². The summed E-state index contributed by atoms with van der Waals surface area (Å²) in [5.41, 5.74) is 1.55. The minimum Gasteiger partial charge on any atom is -0.340 e. The van der Waals surface area contributed by atoms with Crippen LogP contribution in [0.4, 0.5) is 0 Å². The minimum atomic E-state index is 0.00464. The van der Waals surface area contributed by atoms with Gasteiger partial charge in [0.05, 0.1) is 28.0 Å². The zero-order valence-electron chi connectivity index (χ0n) is 16.4. The number of nitrogens with zero attached hydrogens (tertiary/aromatic N) is 5. The van der Waals surface area contributed by atoms with Crippen LogP contribution in [0.1, 0.15) is 4.88 Å². The van der Waals surface area contributed by atoms with Gasteiger partial charge in [0.2, 0.25) is 5.91 Å². The number of benzene rings is 1. The van der Waals surface area contributed by atoms with Crippen LogP contribution < -0.4 is 0 Å². The molecule has 4 rings (SSSR count). The summed E-state index contributed by atoms with van der Waals surface area (Å²) < 4.78 is 1.86. The summed E-state index contributed by atoms with van der Waals surface area (Å²) in [5.74, 6) is 0.840. The molecule has 4 aromatic rings. The van der Waals surface area contributed by atoms with Crippen molar-refractivity contribution in [3.8, 4) is 17.1 Å². The maximum absolute atomic E-state index is 12.7. The first-order chi connectivity index (χ1) is 15.0. The summed E-state index contributed by atoms with van der Waals surface area (Å²) in [4.78, 5) is 19.7. The number of carbonyl (C=O) groups excluding carboxylic acids is 1. The van der Waals surface area contributed by atoms with Gasteiger partial charge in [-0.3, -0.25) is 14.3 Å². The highest BCUT2D eigenvalue weighted by atomic mass is 35.5. The number of hydrogen-bond donors (Lipinski definition) is 0. The lowest BCUT2D eigenvalue weighted by molar-refractivity contribution is -0.127. The van der Waals surface area contributed by atoms with Crippen molar-refractivity contribution in [1.29, 1.82) is 0 Å². The van der Waals surface area contributed by atoms with Crippen molar-refractivity contribution in [3.63, 3.8) is 0 Å². The van der Waals surface area contributed by atoms with Gasteiger partial charge < -0.3 is 4.90 Å². The van der Waals surface area contributed by atoms with Crippen molar-refractivity contribution >= 4 is 52.2 Å². The fourth-order valence-electron chi connectivity index (χ4n) is 2.86. The molecule has 0 aliphatic carbocycles. The molecule has 10 heteroatoms. The first kappa shape index (κ1) is 21.8. The van der Waals surface area contributed by atoms with Gasteiger partial charge in [0.1, 0.15) is 0 Å². The molecule has 3 aromatic heterocycles. The van der Waals surface area contributed by atoms with Crippen molar-refractivity contribution in [2.24, 2.45) is 0 Å². The van der Waals surface area contributed by atoms with Crippen LogP contribution in [0, 0.1) is 0 Å². The van der Waals surface area contributed by atoms with Crippen molar-refractivity contribution in [2.45, 2.75) is 11.7 Å². The van der Waals surface area contributed by atoms with E-state index in [1.165, 1.54) is 11.8 Å². The van der Waals surface area contributed by atoms with E-state index >= 15 is 0 Å². The van der Waals surface area contributed by atoms with Gasteiger partial charge in [-0.2, -0.15) is 0 Å². The van der Waals surface area contributed by atoms with Crippen LogP contribution in [-0.2, 0) is 11.3 Å². The van der Waals surface area contributed by atoms with E-state index in [2.05, 4.69) is 15.2 Å². The minimum absolute atomic E-state index is 0.00464. The Kier molecular flexibility index (Phi) is 6.92. The second-order valence-electron chi connectivity index (χ2n) is 6.60. The van der Waals surface area contributed by atoms with Crippen LogP contribution in [0.3, 0.4) is 0 Å². The molecule has 0 spiro atoms. The fraction of sp³-hybridized carbons (Fsp3) is 0.143. The summed E-state index contributed by atoms with van der Waals surface area (Å²) in [6, 6.07) is 13.0. The first-order valence-electron chi connectivity index (χ1n) is 9.23. The normalized spacial score (nSPS) is 10.9. The molecule has 3 heterocycles. The number of pyridine rings is 1. The molecule has 6 nitrogen and oxygen atoms in total. The molecule has 0 bridgehead atoms. The average Bonchev–Trinajstić information content (AvgIpc) is 3.44. The highest BCUT2D eigenvalue weighted by molar-refractivity contribution is 7.99. The molecule has 0 saturated heterocycles. The van der Waals surface area contributed by atoms with E-state index in [0.717, 1.165) is 16.1 Å². The zero-order chi connectivity index (χ0) is 21.8. The van der Waals surface area contributed by atoms with Crippen LogP contribution in [0.2, 0.25) is 10.0 Å². The Morgan fingerprint density at radius 1 is 1.16 bits per heavy atom. The summed E-state index contributed by atoms with van der Waals surface area (Å²) in [7, 11) is 1.80. The van der Waals surface area contributed by atoms with Gasteiger partial charge in [-0.05, 0) is 41.8 Å². The number of hydrogen-bond acceptors (Lipinski definition) is 6. The molecule has 1 amide bonds. The SMILES string of the molecule is CN(Cc1cccs1)C(=O)CSc1nnc(-c2cccnc2)n1-c1ccc(Cl)c(Cl)c1. The third kappa shape index (κ3) is 5.10. The maximum Gasteiger partial charge on any atom is 0.233 e. The van der Waals surface area contributed by atoms with Gasteiger partial charge in [-0.15, -0.1) is 21.5 Å². The van der Waals surface area contributed by atoms with E-state index in [0.29, 0.717) is 27.6 Å². The van der Waals surface area contributed by atoms with Crippen molar-refractivity contribution < 1.29 is 4.79 Å². The lowest BCUT2D eigenvalue weighted by Gasteiger charge is -2.16. The molecule has 0 radical (unpaired) electrons. The van der Waals surface area contributed by atoms with Crippen LogP contribution >= 0.6 is 46.3 Å². The fourth-order valence-corrected chi connectivity index (χ4v) is 4.81. The number of aromatic nitrogens is 4. The lowest BCUT2D eigenvalue weighted by Crippen LogP contribution is -2.27. The Bertz CT molecular complexity index is 1180. The van der Waals surface area contributed by atoms with Crippen LogP contribution in [0.25, 0.3) is 17.1 Å². The highest BCUT2D eigenvalue weighted by Crippen LogP contribution is 2.31. The molecule has 1 aromatic carbocycles. The Morgan fingerprint density at radius 2 is 2.03 bits per heavy atom. The molecule has 0 unspecified atom stereocenters. The second kappa shape index (κ2) is 9.82. The van der Waals surface area contributed by atoms with Gasteiger partial charge in [-0.25, -0.2) is 0 Å². The number of carbonyl (C=O) groups is 1. The third-order valence-electron chi connectivity index (χ3n) is 4.44. The number of halogens is 2. The summed E-state index contributed by atoms with van der Waals surface area (Å²) in [6.45, 7) is 0.581. The van der Waals surface area contributed by atoms with Crippen LogP contribution in [-0.4, -0.2) is 43.4 Å². The van der Waals surface area contributed by atoms with Gasteiger partial charge in [0.25, 0.3) is 0 Å². The number of thiophene rings is 1. The average molecular weight is 490 g/mol. The molecular weight excluding hydrogens is 473 g/mol. The quantitative estimate of drug-likeness (QED) is 0.323. The summed E-state index contributed by atoms with van der Waals surface area (Å²) in [5, 5.41) is 12.1. The molecule has 0 saturated carbocycles. The Balaban J connectivity index is 1.60. The molecular formula is C21H17Cl2N5OS2. The van der Waals surface area contributed by atoms with E-state index in [4.69, 9.17) is 23.2 Å². The first-order valence-corrected chi connectivity index (χ1v) is 11.9. The Labute approximate surface area is 197 Å². The smallest absolute Gasteiger partial charge is 0.233 e. The Morgan fingerprint density at radius 3 is 2.74 bits per heavy atom. The second-order valence-corrected chi connectivity index (χ2v) is 9.39. The predicted octanol–water partition coefficient (Wildman–Crippen LogP) is 5.45. The highest BCUT2D eigenvalue weighted by Gasteiger charge is 2.19. The molecule has 0 aliphatic heterocycles. The van der Waals surface area contributed by atoms with Crippen molar-refractivity contribution in [1.82, 2.24) is 24.6 Å². The largest absolute Gasteiger partial charge is 0.340 e. The third-order valence-corrected chi connectivity index (χ3v) is 6.95. The lowest BCUT2D eigenvalue weighted by atomic mass is 10.2. The molecule has 0 N–H and O–H groups in total. The number of amides is 1. The predicted molar refractivity (Wildman–Crippen MR) is 126 cm³/mol. The number of rotatable bonds is 7. The van der Waals surface area contributed by atoms with E-state index in [1.807, 2.05) is 40.3 Å². The van der Waals surface area contributed by atoms with E-state index in [1.54, 1.807) is 47.8 Å². The van der Waals surface area contributed by atoms with Crippen molar-refractivity contribution in [3.05, 3.63) is 75.2 Å². The zero-order valence-corrected chi connectivity index (χ0v) is 19.5. The van der Waals surface area contributed by atoms with Gasteiger partial charge in [0, 0.05) is 29.9 Å². The molecule has 158 valence electrons. The Hall–Kier alpha value is -2.39. The van der Waals surface area contributed by atoms with E-state index < -0.39 is 0 Å². The molecule has 0 fully saturated rings. The molecule has 0 atom stereocenters. The van der Waals surface area contributed by atoms with Crippen LogP contribution in [0.5, 0.6) is 0 Å². The number of thioether (sulfide) groups is 1. The van der Waals surface area contributed by atoms with E-state index in [9.17, 15) is 4.79 Å². The maximum atomic E-state index is 12.7. The van der Waals surface area contributed by atoms with Gasteiger partial charge >= 0.3 is 0 Å². The summed E-state index contributed by atoms with van der Waals surface area (Å²) in [6.07, 6.45) is 3.41. The van der Waals surface area contributed by atoms with Crippen molar-refractivity contribution in [2.75, 3.05) is 12.8 Å². The summed E-state index contributed by atoms with van der Waals surface area (Å²) >= 11 is 15.3. The van der Waals surface area contributed by atoms with Gasteiger partial charge in [0.15, 0.2) is 11.0 Å². The molecule has 0 aliphatic rings.